The molecule has 11 nitrogen and oxygen atoms in total. The Morgan fingerprint density at radius 1 is 0.940 bits per heavy atom. The Kier molecular flexibility index (Phi) is 16.3. The van der Waals surface area contributed by atoms with E-state index in [0.717, 1.165) is 70.1 Å². The second kappa shape index (κ2) is 22.9. The minimum Gasteiger partial charge on any atom is -0.487 e. The number of carbonyl (C=O) groups excluding carboxylic acids is 1. The SMILES string of the molecule is C=CCOC12Oc3ccc(OCc4cccc(C)n4)cc3C3C(CCCCO)C(CCCCO)C=C(C(=NOCc4ccccc4)CC1N(Cc1cccc4ccccc14)C(=O)OCCCl)C32. The number of carbonyl (C=O) groups is 1. The number of aliphatic hydroxyl groups is 2. The van der Waals surface area contributed by atoms with Gasteiger partial charge in [-0.25, -0.2) is 4.79 Å². The molecule has 0 radical (unpaired) electrons. The number of unbranched alkanes of at least 4 members (excludes halogenated alkanes) is 2. The number of fused-ring (bicyclic) bond motifs is 3. The number of ether oxygens (including phenoxy) is 4. The van der Waals surface area contributed by atoms with E-state index in [-0.39, 0.29) is 76.2 Å². The average Bonchev–Trinajstić information content (AvgIpc) is 3.35. The zero-order valence-electron chi connectivity index (χ0n) is 38.3. The highest BCUT2D eigenvalue weighted by Crippen LogP contribution is 2.62. The van der Waals surface area contributed by atoms with Gasteiger partial charge in [-0.3, -0.25) is 9.88 Å². The van der Waals surface area contributed by atoms with Crippen LogP contribution in [0.25, 0.3) is 10.8 Å². The number of aryl methyl sites for hydroxylation is 1. The molecule has 1 saturated carbocycles. The fourth-order valence-corrected chi connectivity index (χ4v) is 10.5. The van der Waals surface area contributed by atoms with E-state index in [1.807, 2.05) is 91.9 Å². The summed E-state index contributed by atoms with van der Waals surface area (Å²) >= 11 is 6.19. The summed E-state index contributed by atoms with van der Waals surface area (Å²) in [7, 11) is 0. The number of nitrogens with zero attached hydrogens (tertiary/aromatic N) is 3. The number of rotatable bonds is 22. The van der Waals surface area contributed by atoms with Gasteiger partial charge in [-0.2, -0.15) is 0 Å². The first kappa shape index (κ1) is 47.8. The number of oxime groups is 1. The lowest BCUT2D eigenvalue weighted by molar-refractivity contribution is -0.256. The molecule has 12 heteroatoms. The third-order valence-corrected chi connectivity index (χ3v) is 13.5. The zero-order chi connectivity index (χ0) is 46.6. The second-order valence-corrected chi connectivity index (χ2v) is 18.0. The fraction of sp³-hybridized carbons (Fsp3) is 0.400. The minimum absolute atomic E-state index is 0.00495. The van der Waals surface area contributed by atoms with Crippen LogP contribution in [0.1, 0.15) is 78.9 Å². The quantitative estimate of drug-likeness (QED) is 0.0301. The van der Waals surface area contributed by atoms with Crippen LogP contribution in [0.3, 0.4) is 0 Å². The molecule has 0 saturated heterocycles. The molecule has 0 bridgehead atoms. The monoisotopic (exact) mass is 927 g/mol. The van der Waals surface area contributed by atoms with E-state index >= 15 is 0 Å². The first-order valence-corrected chi connectivity index (χ1v) is 24.2. The topological polar surface area (TPSA) is 132 Å². The number of alkyl halides is 1. The summed E-state index contributed by atoms with van der Waals surface area (Å²) in [6.45, 7) is 7.05. The standard InChI is InChI=1S/C55H62ClN3O8/c1-3-30-65-55-51(59(54(62)63-31-27-56)35-42-21-14-20-40-18-7-8-23-45(40)42)34-49(58-66-36-39-16-5-4-6-17-39)47-32-41(19-9-11-28-60)46(24-10-12-29-61)52(53(47)55)48-33-44(25-26-50(48)67-55)64-37-43-22-13-15-38(2)57-43/h3-8,13-18,20-23,25-26,32-33,41,46,51-53,60-61H,1,9-12,19,24,27-31,34-37H2,2H3. The molecule has 3 aliphatic rings. The maximum Gasteiger partial charge on any atom is 0.410 e. The summed E-state index contributed by atoms with van der Waals surface area (Å²) in [5.41, 5.74) is 6.20. The number of benzene rings is 4. The van der Waals surface area contributed by atoms with Crippen molar-refractivity contribution >= 4 is 34.2 Å². The van der Waals surface area contributed by atoms with Crippen LogP contribution in [0, 0.1) is 24.7 Å². The predicted molar refractivity (Wildman–Crippen MR) is 261 cm³/mol. The van der Waals surface area contributed by atoms with E-state index < -0.39 is 23.8 Å². The van der Waals surface area contributed by atoms with Crippen molar-refractivity contribution in [2.45, 2.75) is 89.4 Å². The molecule has 4 aromatic carbocycles. The lowest BCUT2D eigenvalue weighted by atomic mass is 9.55. The van der Waals surface area contributed by atoms with Gasteiger partial charge in [0.1, 0.15) is 37.4 Å². The van der Waals surface area contributed by atoms with Gasteiger partial charge in [-0.1, -0.05) is 109 Å². The summed E-state index contributed by atoms with van der Waals surface area (Å²) < 4.78 is 27.2. The first-order valence-electron chi connectivity index (χ1n) is 23.6. The Morgan fingerprint density at radius 3 is 2.51 bits per heavy atom. The maximum absolute atomic E-state index is 14.9. The molecule has 1 aromatic heterocycles. The number of aliphatic hydroxyl groups excluding tert-OH is 2. The third kappa shape index (κ3) is 10.9. The van der Waals surface area contributed by atoms with Crippen LogP contribution in [-0.4, -0.2) is 76.0 Å². The van der Waals surface area contributed by atoms with Crippen LogP contribution in [0.2, 0.25) is 0 Å². The van der Waals surface area contributed by atoms with Crippen molar-refractivity contribution in [3.8, 4) is 11.5 Å². The average molecular weight is 929 g/mol. The molecular weight excluding hydrogens is 866 g/mol. The van der Waals surface area contributed by atoms with Crippen molar-refractivity contribution in [1.29, 1.82) is 0 Å². The smallest absolute Gasteiger partial charge is 0.410 e. The summed E-state index contributed by atoms with van der Waals surface area (Å²) in [5.74, 6) is -0.747. The highest BCUT2D eigenvalue weighted by Gasteiger charge is 2.65. The van der Waals surface area contributed by atoms with Crippen LogP contribution in [0.5, 0.6) is 11.5 Å². The number of pyridine rings is 1. The first-order chi connectivity index (χ1) is 32.9. The molecule has 1 aliphatic heterocycles. The van der Waals surface area contributed by atoms with E-state index in [1.165, 1.54) is 0 Å². The van der Waals surface area contributed by atoms with Gasteiger partial charge in [-0.05, 0) is 102 Å². The molecule has 1 amide bonds. The van der Waals surface area contributed by atoms with E-state index in [4.69, 9.17) is 40.5 Å². The third-order valence-electron chi connectivity index (χ3n) is 13.4. The molecule has 67 heavy (non-hydrogen) atoms. The van der Waals surface area contributed by atoms with Crippen LogP contribution < -0.4 is 9.47 Å². The van der Waals surface area contributed by atoms with Crippen LogP contribution in [0.4, 0.5) is 4.79 Å². The zero-order valence-corrected chi connectivity index (χ0v) is 39.1. The maximum atomic E-state index is 14.9. The van der Waals surface area contributed by atoms with E-state index in [0.29, 0.717) is 30.1 Å². The van der Waals surface area contributed by atoms with Gasteiger partial charge in [-0.15, -0.1) is 18.2 Å². The molecule has 6 atom stereocenters. The predicted octanol–water partition coefficient (Wildman–Crippen LogP) is 10.8. The molecule has 2 heterocycles. The van der Waals surface area contributed by atoms with Gasteiger partial charge in [0.15, 0.2) is 0 Å². The summed E-state index contributed by atoms with van der Waals surface area (Å²) in [6, 6.07) is 35.2. The second-order valence-electron chi connectivity index (χ2n) is 17.7. The summed E-state index contributed by atoms with van der Waals surface area (Å²) in [5, 5.41) is 27.1. The summed E-state index contributed by atoms with van der Waals surface area (Å²) in [6.07, 6.45) is 8.25. The number of aromatic nitrogens is 1. The van der Waals surface area contributed by atoms with Crippen molar-refractivity contribution in [2.24, 2.45) is 22.9 Å². The largest absolute Gasteiger partial charge is 0.487 e. The molecule has 2 aliphatic carbocycles. The molecule has 0 spiro atoms. The van der Waals surface area contributed by atoms with Crippen LogP contribution in [0.15, 0.2) is 139 Å². The molecule has 1 fully saturated rings. The Labute approximate surface area is 399 Å². The Morgan fingerprint density at radius 2 is 1.72 bits per heavy atom. The van der Waals surface area contributed by atoms with Crippen molar-refractivity contribution < 1.29 is 38.8 Å². The van der Waals surface area contributed by atoms with Gasteiger partial charge in [0, 0.05) is 36.8 Å². The van der Waals surface area contributed by atoms with Gasteiger partial charge < -0.3 is 34.0 Å². The van der Waals surface area contributed by atoms with Crippen LogP contribution >= 0.6 is 11.6 Å². The van der Waals surface area contributed by atoms with E-state index in [9.17, 15) is 15.0 Å². The fourth-order valence-electron chi connectivity index (χ4n) is 10.5. The Bertz CT molecular complexity index is 2510. The number of halogens is 1. The van der Waals surface area contributed by atoms with Crippen molar-refractivity contribution in [1.82, 2.24) is 9.88 Å². The number of amides is 1. The van der Waals surface area contributed by atoms with Gasteiger partial charge in [0.2, 0.25) is 5.79 Å². The van der Waals surface area contributed by atoms with E-state index in [2.05, 4.69) is 41.9 Å². The van der Waals surface area contributed by atoms with E-state index in [1.54, 1.807) is 11.0 Å². The number of allylic oxidation sites excluding steroid dienone is 1. The van der Waals surface area contributed by atoms with Crippen molar-refractivity contribution in [2.75, 3.05) is 32.3 Å². The molecule has 8 rings (SSSR count). The molecule has 2 N–H and O–H groups in total. The van der Waals surface area contributed by atoms with Crippen molar-refractivity contribution in [3.05, 3.63) is 162 Å². The lowest BCUT2D eigenvalue weighted by Crippen LogP contribution is -2.70. The van der Waals surface area contributed by atoms with Crippen molar-refractivity contribution in [3.63, 3.8) is 0 Å². The van der Waals surface area contributed by atoms with Crippen LogP contribution in [-0.2, 0) is 34.1 Å². The highest BCUT2D eigenvalue weighted by molar-refractivity contribution is 6.18. The minimum atomic E-state index is -1.49. The molecular formula is C55H62ClN3O8. The molecule has 5 aromatic rings. The lowest BCUT2D eigenvalue weighted by Gasteiger charge is -2.59. The Balaban J connectivity index is 1.33. The highest BCUT2D eigenvalue weighted by atomic mass is 35.5. The molecule has 6 unspecified atom stereocenters. The van der Waals surface area contributed by atoms with Gasteiger partial charge in [0.25, 0.3) is 0 Å². The normalized spacial score (nSPS) is 22.2. The number of hydrogen-bond acceptors (Lipinski definition) is 10. The molecule has 352 valence electrons. The summed E-state index contributed by atoms with van der Waals surface area (Å²) in [4.78, 5) is 27.6. The number of hydrogen-bond donors (Lipinski definition) is 2. The van der Waals surface area contributed by atoms with Gasteiger partial charge >= 0.3 is 6.09 Å². The Hall–Kier alpha value is -5.72. The van der Waals surface area contributed by atoms with Gasteiger partial charge in [0.05, 0.1) is 36.4 Å².